The highest BCUT2D eigenvalue weighted by Crippen LogP contribution is 2.41. The van der Waals surface area contributed by atoms with Crippen LogP contribution in [0.15, 0.2) is 46.7 Å². The van der Waals surface area contributed by atoms with E-state index in [-0.39, 0.29) is 5.37 Å². The minimum absolute atomic E-state index is 0.192. The smallest absolute Gasteiger partial charge is 0.227 e. The largest absolute Gasteiger partial charge is 0.359 e. The number of hydrogen-bond donors (Lipinski definition) is 1. The van der Waals surface area contributed by atoms with Gasteiger partial charge in [0.25, 0.3) is 0 Å². The first kappa shape index (κ1) is 16.0. The van der Waals surface area contributed by atoms with Crippen molar-refractivity contribution in [3.63, 3.8) is 0 Å². The number of carbonyl (C=O) groups excluding carboxylic acids is 1. The summed E-state index contributed by atoms with van der Waals surface area (Å²) in [5.41, 5.74) is 2.77. The Morgan fingerprint density at radius 2 is 2.04 bits per heavy atom. The van der Waals surface area contributed by atoms with Gasteiger partial charge in [-0.15, -0.1) is 0 Å². The number of allylic oxidation sites excluding steroid dienone is 1. The number of aldehydes is 1. The topological polar surface area (TPSA) is 58.1 Å². The highest BCUT2D eigenvalue weighted by molar-refractivity contribution is 9.10. The van der Waals surface area contributed by atoms with Crippen molar-refractivity contribution in [2.75, 3.05) is 12.4 Å². The normalized spacial score (nSPS) is 17.5. The fourth-order valence-corrected chi connectivity index (χ4v) is 3.64. The van der Waals surface area contributed by atoms with Crippen molar-refractivity contribution in [1.82, 2.24) is 14.9 Å². The van der Waals surface area contributed by atoms with Crippen LogP contribution in [0, 0.1) is 0 Å². The molecule has 0 bridgehead atoms. The molecule has 5 nitrogen and oxygen atoms in total. The molecule has 1 aliphatic heterocycles. The first-order chi connectivity index (χ1) is 11.1. The third kappa shape index (κ3) is 3.40. The summed E-state index contributed by atoms with van der Waals surface area (Å²) in [5, 5.41) is 3.00. The Kier molecular flexibility index (Phi) is 4.68. The number of aromatic nitrogens is 2. The van der Waals surface area contributed by atoms with Crippen LogP contribution < -0.4 is 5.32 Å². The molecule has 1 unspecified atom stereocenters. The minimum Gasteiger partial charge on any atom is -0.359 e. The molecule has 2 aromatic rings. The fourth-order valence-electron chi connectivity index (χ4n) is 2.21. The van der Waals surface area contributed by atoms with Gasteiger partial charge in [-0.05, 0) is 37.3 Å². The lowest BCUT2D eigenvalue weighted by molar-refractivity contribution is -0.109. The van der Waals surface area contributed by atoms with E-state index in [1.807, 2.05) is 49.2 Å². The Balaban J connectivity index is 1.86. The Labute approximate surface area is 147 Å². The molecular weight excluding hydrogens is 376 g/mol. The number of likely N-dealkylation sites (N-methyl/N-ethyl adjacent to an activating group) is 1. The highest BCUT2D eigenvalue weighted by atomic mass is 79.9. The third-order valence-corrected chi connectivity index (χ3v) is 5.52. The zero-order valence-electron chi connectivity index (χ0n) is 12.7. The average Bonchev–Trinajstić information content (AvgIpc) is 2.85. The molecule has 1 aromatic carbocycles. The zero-order chi connectivity index (χ0) is 16.4. The van der Waals surface area contributed by atoms with E-state index in [0.29, 0.717) is 5.95 Å². The van der Waals surface area contributed by atoms with Crippen LogP contribution in [0.4, 0.5) is 11.6 Å². The molecule has 0 radical (unpaired) electrons. The highest BCUT2D eigenvalue weighted by Gasteiger charge is 2.28. The number of rotatable bonds is 4. The van der Waals surface area contributed by atoms with Crippen molar-refractivity contribution in [3.05, 3.63) is 52.4 Å². The van der Waals surface area contributed by atoms with Gasteiger partial charge in [-0.1, -0.05) is 27.7 Å². The number of carbonyl (C=O) groups is 1. The van der Waals surface area contributed by atoms with E-state index in [2.05, 4.69) is 31.2 Å². The lowest BCUT2D eigenvalue weighted by Gasteiger charge is -2.16. The monoisotopic (exact) mass is 390 g/mol. The summed E-state index contributed by atoms with van der Waals surface area (Å²) in [6.45, 7) is 2.00. The number of nitrogens with one attached hydrogen (secondary N) is 1. The number of anilines is 2. The van der Waals surface area contributed by atoms with Crippen LogP contribution in [0.2, 0.25) is 0 Å². The number of hydrogen-bond acceptors (Lipinski definition) is 6. The quantitative estimate of drug-likeness (QED) is 0.799. The summed E-state index contributed by atoms with van der Waals surface area (Å²) in [7, 11) is 1.91. The first-order valence-corrected chi connectivity index (χ1v) is 8.67. The lowest BCUT2D eigenvalue weighted by atomic mass is 10.3. The second-order valence-electron chi connectivity index (χ2n) is 5.07. The molecular formula is C16H15BrN4OS. The van der Waals surface area contributed by atoms with E-state index in [1.54, 1.807) is 6.20 Å². The van der Waals surface area contributed by atoms with Gasteiger partial charge in [0, 0.05) is 29.1 Å². The van der Waals surface area contributed by atoms with Gasteiger partial charge in [-0.25, -0.2) is 9.97 Å². The number of halogens is 1. The van der Waals surface area contributed by atoms with Gasteiger partial charge in [-0.3, -0.25) is 0 Å². The van der Waals surface area contributed by atoms with Crippen LogP contribution in [0.5, 0.6) is 0 Å². The molecule has 1 aromatic heterocycles. The van der Waals surface area contributed by atoms with Crippen LogP contribution in [-0.2, 0) is 4.79 Å². The maximum Gasteiger partial charge on any atom is 0.227 e. The van der Waals surface area contributed by atoms with Crippen LogP contribution in [-0.4, -0.2) is 33.6 Å². The van der Waals surface area contributed by atoms with E-state index in [0.717, 1.165) is 32.7 Å². The molecule has 1 atom stereocenters. The molecule has 0 aliphatic carbocycles. The molecule has 1 N–H and O–H groups in total. The van der Waals surface area contributed by atoms with Crippen molar-refractivity contribution in [1.29, 1.82) is 0 Å². The summed E-state index contributed by atoms with van der Waals surface area (Å²) < 4.78 is 1.02. The first-order valence-electron chi connectivity index (χ1n) is 7.00. The van der Waals surface area contributed by atoms with Crippen molar-refractivity contribution in [2.45, 2.75) is 12.3 Å². The van der Waals surface area contributed by atoms with Gasteiger partial charge in [0.05, 0.1) is 10.6 Å². The molecule has 0 spiro atoms. The van der Waals surface area contributed by atoms with Gasteiger partial charge < -0.3 is 15.0 Å². The summed E-state index contributed by atoms with van der Waals surface area (Å²) >= 11 is 4.92. The molecule has 0 amide bonds. The fraction of sp³-hybridized carbons (Fsp3) is 0.188. The lowest BCUT2D eigenvalue weighted by Crippen LogP contribution is -2.23. The van der Waals surface area contributed by atoms with Crippen molar-refractivity contribution < 1.29 is 4.79 Å². The van der Waals surface area contributed by atoms with Gasteiger partial charge in [0.1, 0.15) is 5.37 Å². The van der Waals surface area contributed by atoms with Gasteiger partial charge in [0.15, 0.2) is 6.29 Å². The van der Waals surface area contributed by atoms with Crippen LogP contribution in [0.1, 0.15) is 12.6 Å². The van der Waals surface area contributed by atoms with Crippen LogP contribution >= 0.6 is 27.7 Å². The van der Waals surface area contributed by atoms with Crippen LogP contribution in [0.25, 0.3) is 4.91 Å². The van der Waals surface area contributed by atoms with E-state index in [9.17, 15) is 4.79 Å². The number of benzene rings is 1. The average molecular weight is 391 g/mol. The minimum atomic E-state index is -0.192. The molecule has 0 fully saturated rings. The van der Waals surface area contributed by atoms with Gasteiger partial charge in [0.2, 0.25) is 5.95 Å². The molecule has 0 saturated heterocycles. The van der Waals surface area contributed by atoms with E-state index in [1.165, 1.54) is 11.8 Å². The number of nitrogens with zero attached hydrogens (tertiary/aromatic N) is 3. The number of thioether (sulfide) groups is 1. The van der Waals surface area contributed by atoms with Gasteiger partial charge in [-0.2, -0.15) is 0 Å². The predicted octanol–water partition coefficient (Wildman–Crippen LogP) is 3.87. The van der Waals surface area contributed by atoms with Crippen molar-refractivity contribution in [2.24, 2.45) is 0 Å². The Hall–Kier alpha value is -1.86. The SMILES string of the molecule is CC1=C(c2ccnc(Nc3ccc(Br)cc3)n2)SC(C=O)N1C. The summed E-state index contributed by atoms with van der Waals surface area (Å²) in [6.07, 6.45) is 2.67. The molecule has 2 heterocycles. The predicted molar refractivity (Wildman–Crippen MR) is 97.3 cm³/mol. The van der Waals surface area contributed by atoms with E-state index in [4.69, 9.17) is 0 Å². The molecule has 23 heavy (non-hydrogen) atoms. The summed E-state index contributed by atoms with van der Waals surface area (Å²) in [4.78, 5) is 22.9. The summed E-state index contributed by atoms with van der Waals surface area (Å²) in [6, 6.07) is 9.67. The van der Waals surface area contributed by atoms with E-state index < -0.39 is 0 Å². The van der Waals surface area contributed by atoms with Crippen molar-refractivity contribution in [3.8, 4) is 0 Å². The Morgan fingerprint density at radius 3 is 2.70 bits per heavy atom. The van der Waals surface area contributed by atoms with Crippen molar-refractivity contribution >= 4 is 50.5 Å². The summed E-state index contributed by atoms with van der Waals surface area (Å²) in [5.74, 6) is 0.530. The second-order valence-corrected chi connectivity index (χ2v) is 7.11. The third-order valence-electron chi connectivity index (χ3n) is 3.58. The standard InChI is InChI=1S/C16H15BrN4OS/c1-10-15(23-14(9-22)21(10)2)13-7-8-18-16(20-13)19-12-5-3-11(17)4-6-12/h3-9,14H,1-2H3,(H,18,19,20). The molecule has 118 valence electrons. The zero-order valence-corrected chi connectivity index (χ0v) is 15.1. The Morgan fingerprint density at radius 1 is 1.30 bits per heavy atom. The maximum absolute atomic E-state index is 11.1. The second kappa shape index (κ2) is 6.72. The van der Waals surface area contributed by atoms with Gasteiger partial charge >= 0.3 is 0 Å². The molecule has 7 heteroatoms. The molecule has 0 saturated carbocycles. The van der Waals surface area contributed by atoms with E-state index >= 15 is 0 Å². The van der Waals surface area contributed by atoms with Crippen LogP contribution in [0.3, 0.4) is 0 Å². The molecule has 3 rings (SSSR count). The molecule has 1 aliphatic rings. The Bertz CT molecular complexity index is 763. The maximum atomic E-state index is 11.1.